The summed E-state index contributed by atoms with van der Waals surface area (Å²) in [6.45, 7) is 5.31. The standard InChI is InChI=1S/C18H23N3O.HI/c1-3-22-17-10-5-4-8-15(17)11-12-20-18(19)21-16-9-6-7-14(2)13-16;/h4-10,13H,3,11-12H2,1-2H3,(H3,19,20,21);1H. The van der Waals surface area contributed by atoms with Crippen molar-refractivity contribution in [2.75, 3.05) is 18.5 Å². The summed E-state index contributed by atoms with van der Waals surface area (Å²) in [5.74, 6) is 1.35. The lowest BCUT2D eigenvalue weighted by atomic mass is 10.1. The third kappa shape index (κ3) is 6.48. The van der Waals surface area contributed by atoms with Crippen LogP contribution in [0.15, 0.2) is 53.5 Å². The van der Waals surface area contributed by atoms with E-state index in [-0.39, 0.29) is 24.0 Å². The fourth-order valence-corrected chi connectivity index (χ4v) is 2.21. The number of anilines is 1. The smallest absolute Gasteiger partial charge is 0.193 e. The van der Waals surface area contributed by atoms with E-state index < -0.39 is 0 Å². The van der Waals surface area contributed by atoms with Gasteiger partial charge >= 0.3 is 0 Å². The largest absolute Gasteiger partial charge is 0.494 e. The Morgan fingerprint density at radius 1 is 1.17 bits per heavy atom. The Bertz CT molecular complexity index is 644. The Morgan fingerprint density at radius 2 is 1.96 bits per heavy atom. The molecule has 3 N–H and O–H groups in total. The molecule has 5 heteroatoms. The van der Waals surface area contributed by atoms with Crippen LogP contribution in [0, 0.1) is 6.92 Å². The minimum atomic E-state index is 0. The number of para-hydroxylation sites is 1. The minimum absolute atomic E-state index is 0. The maximum absolute atomic E-state index is 5.92. The normalized spacial score (nSPS) is 10.8. The highest BCUT2D eigenvalue weighted by Gasteiger charge is 2.02. The summed E-state index contributed by atoms with van der Waals surface area (Å²) >= 11 is 0. The van der Waals surface area contributed by atoms with E-state index in [2.05, 4.69) is 16.4 Å². The van der Waals surface area contributed by atoms with E-state index in [0.29, 0.717) is 19.1 Å². The van der Waals surface area contributed by atoms with Gasteiger partial charge in [0.1, 0.15) is 5.75 Å². The number of halogens is 1. The van der Waals surface area contributed by atoms with Gasteiger partial charge in [-0.25, -0.2) is 0 Å². The third-order valence-electron chi connectivity index (χ3n) is 3.23. The quantitative estimate of drug-likeness (QED) is 0.418. The molecule has 2 aromatic rings. The molecule has 0 atom stereocenters. The predicted molar refractivity (Wildman–Crippen MR) is 108 cm³/mol. The Labute approximate surface area is 155 Å². The van der Waals surface area contributed by atoms with Crippen molar-refractivity contribution in [1.82, 2.24) is 0 Å². The number of nitrogens with zero attached hydrogens (tertiary/aromatic N) is 1. The molecule has 0 heterocycles. The van der Waals surface area contributed by atoms with Gasteiger partial charge < -0.3 is 15.8 Å². The number of nitrogens with two attached hydrogens (primary N) is 1. The van der Waals surface area contributed by atoms with Crippen LogP contribution in [0.1, 0.15) is 18.1 Å². The molecule has 0 aromatic heterocycles. The van der Waals surface area contributed by atoms with E-state index in [1.165, 1.54) is 5.56 Å². The molecule has 0 aliphatic rings. The maximum Gasteiger partial charge on any atom is 0.193 e. The highest BCUT2D eigenvalue weighted by molar-refractivity contribution is 14.0. The Morgan fingerprint density at radius 3 is 2.70 bits per heavy atom. The van der Waals surface area contributed by atoms with Gasteiger partial charge in [0.2, 0.25) is 0 Å². The zero-order chi connectivity index (χ0) is 15.8. The molecule has 0 saturated carbocycles. The van der Waals surface area contributed by atoms with E-state index in [1.54, 1.807) is 0 Å². The lowest BCUT2D eigenvalue weighted by molar-refractivity contribution is 0.336. The van der Waals surface area contributed by atoms with Crippen molar-refractivity contribution in [3.05, 3.63) is 59.7 Å². The van der Waals surface area contributed by atoms with Crippen LogP contribution < -0.4 is 15.8 Å². The number of hydrogen-bond donors (Lipinski definition) is 2. The second kappa shape index (κ2) is 10.1. The first kappa shape index (κ1) is 19.3. The van der Waals surface area contributed by atoms with Crippen molar-refractivity contribution in [2.45, 2.75) is 20.3 Å². The van der Waals surface area contributed by atoms with Crippen molar-refractivity contribution >= 4 is 35.6 Å². The van der Waals surface area contributed by atoms with Crippen LogP contribution in [-0.2, 0) is 6.42 Å². The number of nitrogens with one attached hydrogen (secondary N) is 1. The Hall–Kier alpha value is -1.76. The van der Waals surface area contributed by atoms with E-state index in [4.69, 9.17) is 10.5 Å². The summed E-state index contributed by atoms with van der Waals surface area (Å²) in [4.78, 5) is 4.37. The monoisotopic (exact) mass is 425 g/mol. The second-order valence-corrected chi connectivity index (χ2v) is 5.05. The summed E-state index contributed by atoms with van der Waals surface area (Å²) in [6.07, 6.45) is 0.798. The summed E-state index contributed by atoms with van der Waals surface area (Å²) in [7, 11) is 0. The maximum atomic E-state index is 5.92. The van der Waals surface area contributed by atoms with E-state index in [1.807, 2.05) is 56.3 Å². The van der Waals surface area contributed by atoms with Crippen LogP contribution in [-0.4, -0.2) is 19.1 Å². The van der Waals surface area contributed by atoms with Crippen LogP contribution in [0.4, 0.5) is 5.69 Å². The molecule has 0 spiro atoms. The van der Waals surface area contributed by atoms with E-state index >= 15 is 0 Å². The molecular formula is C18H24IN3O. The molecule has 124 valence electrons. The molecule has 2 aromatic carbocycles. The topological polar surface area (TPSA) is 59.6 Å². The number of ether oxygens (including phenoxy) is 1. The molecule has 0 fully saturated rings. The molecule has 23 heavy (non-hydrogen) atoms. The van der Waals surface area contributed by atoms with Crippen molar-refractivity contribution in [3.8, 4) is 5.75 Å². The number of hydrogen-bond acceptors (Lipinski definition) is 2. The second-order valence-electron chi connectivity index (χ2n) is 5.05. The van der Waals surface area contributed by atoms with Gasteiger partial charge in [-0.3, -0.25) is 4.99 Å². The van der Waals surface area contributed by atoms with Crippen molar-refractivity contribution < 1.29 is 4.74 Å². The predicted octanol–water partition coefficient (Wildman–Crippen LogP) is 3.98. The fraction of sp³-hybridized carbons (Fsp3) is 0.278. The molecule has 0 aliphatic carbocycles. The molecule has 0 radical (unpaired) electrons. The van der Waals surface area contributed by atoms with Crippen molar-refractivity contribution in [3.63, 3.8) is 0 Å². The van der Waals surface area contributed by atoms with Gasteiger partial charge in [-0.1, -0.05) is 30.3 Å². The highest BCUT2D eigenvalue weighted by Crippen LogP contribution is 2.18. The van der Waals surface area contributed by atoms with Crippen LogP contribution in [0.2, 0.25) is 0 Å². The van der Waals surface area contributed by atoms with Crippen LogP contribution in [0.25, 0.3) is 0 Å². The summed E-state index contributed by atoms with van der Waals surface area (Å²) in [5, 5.41) is 3.11. The van der Waals surface area contributed by atoms with E-state index in [9.17, 15) is 0 Å². The van der Waals surface area contributed by atoms with Crippen molar-refractivity contribution in [2.24, 2.45) is 10.7 Å². The summed E-state index contributed by atoms with van der Waals surface area (Å²) in [6, 6.07) is 16.1. The molecule has 2 rings (SSSR count). The molecule has 0 aliphatic heterocycles. The van der Waals surface area contributed by atoms with E-state index in [0.717, 1.165) is 23.4 Å². The zero-order valence-corrected chi connectivity index (χ0v) is 15.9. The van der Waals surface area contributed by atoms with Gasteiger partial charge in [0.25, 0.3) is 0 Å². The number of benzene rings is 2. The molecular weight excluding hydrogens is 401 g/mol. The van der Waals surface area contributed by atoms with Gasteiger partial charge in [-0.05, 0) is 49.6 Å². The fourth-order valence-electron chi connectivity index (χ4n) is 2.21. The van der Waals surface area contributed by atoms with Gasteiger partial charge in [-0.2, -0.15) is 0 Å². The summed E-state index contributed by atoms with van der Waals surface area (Å²) < 4.78 is 5.61. The molecule has 0 amide bonds. The average molecular weight is 425 g/mol. The van der Waals surface area contributed by atoms with Crippen LogP contribution in [0.5, 0.6) is 5.75 Å². The van der Waals surface area contributed by atoms with Gasteiger partial charge in [-0.15, -0.1) is 24.0 Å². The first-order valence-corrected chi connectivity index (χ1v) is 7.53. The van der Waals surface area contributed by atoms with Gasteiger partial charge in [0.05, 0.1) is 6.61 Å². The van der Waals surface area contributed by atoms with Gasteiger partial charge in [0.15, 0.2) is 5.96 Å². The highest BCUT2D eigenvalue weighted by atomic mass is 127. The minimum Gasteiger partial charge on any atom is -0.494 e. The Kier molecular flexibility index (Phi) is 8.47. The third-order valence-corrected chi connectivity index (χ3v) is 3.23. The zero-order valence-electron chi connectivity index (χ0n) is 13.6. The number of aryl methyl sites for hydroxylation is 1. The average Bonchev–Trinajstić information content (AvgIpc) is 2.49. The van der Waals surface area contributed by atoms with Gasteiger partial charge in [0, 0.05) is 12.2 Å². The molecule has 4 nitrogen and oxygen atoms in total. The molecule has 0 unspecified atom stereocenters. The first-order chi connectivity index (χ1) is 10.7. The van der Waals surface area contributed by atoms with Crippen LogP contribution in [0.3, 0.4) is 0 Å². The Balaban J connectivity index is 0.00000264. The number of aliphatic imine (C=N–C) groups is 1. The first-order valence-electron chi connectivity index (χ1n) is 7.53. The molecule has 0 bridgehead atoms. The number of guanidine groups is 1. The number of rotatable bonds is 6. The lowest BCUT2D eigenvalue weighted by Gasteiger charge is -2.09. The SMILES string of the molecule is CCOc1ccccc1CCN=C(N)Nc1cccc(C)c1.I. The summed E-state index contributed by atoms with van der Waals surface area (Å²) in [5.41, 5.74) is 9.21. The van der Waals surface area contributed by atoms with Crippen molar-refractivity contribution in [1.29, 1.82) is 0 Å². The van der Waals surface area contributed by atoms with Crippen LogP contribution >= 0.6 is 24.0 Å². The molecule has 0 saturated heterocycles. The lowest BCUT2D eigenvalue weighted by Crippen LogP contribution is -2.23.